The van der Waals surface area contributed by atoms with E-state index < -0.39 is 0 Å². The molecule has 1 aliphatic carbocycles. The molecular weight excluding hydrogens is 427 g/mol. The van der Waals surface area contributed by atoms with Gasteiger partial charge in [0.05, 0.1) is 16.7 Å². The molecule has 0 radical (unpaired) electrons. The van der Waals surface area contributed by atoms with Gasteiger partial charge in [0.15, 0.2) is 5.13 Å². The van der Waals surface area contributed by atoms with Crippen LogP contribution in [0.25, 0.3) is 11.0 Å². The first-order chi connectivity index (χ1) is 14.1. The number of aryl methyl sites for hydroxylation is 2. The van der Waals surface area contributed by atoms with Crippen molar-refractivity contribution in [3.8, 4) is 0 Å². The minimum absolute atomic E-state index is 0.176. The SMILES string of the molecule is O=C(Nc1nc2c(s1)CCC2)c1ccc2nc(Cc3c(Cl)cccc3Cl)[nH]c2c1. The summed E-state index contributed by atoms with van der Waals surface area (Å²) in [5.41, 5.74) is 4.08. The summed E-state index contributed by atoms with van der Waals surface area (Å²) in [6, 6.07) is 10.8. The standard InChI is InChI=1S/C21H16Cl2N4OS/c22-13-3-1-4-14(23)12(13)10-19-24-15-8-7-11(9-17(15)25-19)20(28)27-21-26-16-5-2-6-18(16)29-21/h1,3-4,7-9H,2,5-6,10H2,(H,24,25)(H,26,27,28). The largest absolute Gasteiger partial charge is 0.342 e. The van der Waals surface area contributed by atoms with E-state index in [0.29, 0.717) is 27.2 Å². The zero-order valence-corrected chi connectivity index (χ0v) is 17.6. The van der Waals surface area contributed by atoms with E-state index in [2.05, 4.69) is 20.3 Å². The molecule has 2 aromatic heterocycles. The van der Waals surface area contributed by atoms with Gasteiger partial charge in [-0.05, 0) is 55.2 Å². The lowest BCUT2D eigenvalue weighted by Crippen LogP contribution is -2.11. The Bertz CT molecular complexity index is 1210. The molecule has 4 aromatic rings. The topological polar surface area (TPSA) is 70.7 Å². The van der Waals surface area contributed by atoms with Crippen LogP contribution < -0.4 is 5.32 Å². The van der Waals surface area contributed by atoms with Crippen molar-refractivity contribution in [3.05, 3.63) is 74.0 Å². The molecule has 0 spiro atoms. The number of rotatable bonds is 4. The van der Waals surface area contributed by atoms with Crippen LogP contribution in [0.5, 0.6) is 0 Å². The van der Waals surface area contributed by atoms with Crippen LogP contribution in [0, 0.1) is 0 Å². The first-order valence-electron chi connectivity index (χ1n) is 9.28. The minimum Gasteiger partial charge on any atom is -0.342 e. The number of benzene rings is 2. The quantitative estimate of drug-likeness (QED) is 0.428. The molecule has 0 aliphatic heterocycles. The zero-order chi connectivity index (χ0) is 20.0. The molecule has 5 rings (SSSR count). The van der Waals surface area contributed by atoms with Crippen LogP contribution in [0.4, 0.5) is 5.13 Å². The highest BCUT2D eigenvalue weighted by Gasteiger charge is 2.18. The lowest BCUT2D eigenvalue weighted by Gasteiger charge is -2.04. The highest BCUT2D eigenvalue weighted by atomic mass is 35.5. The van der Waals surface area contributed by atoms with Gasteiger partial charge in [0, 0.05) is 26.9 Å². The number of hydrogen-bond acceptors (Lipinski definition) is 4. The van der Waals surface area contributed by atoms with Crippen molar-refractivity contribution in [1.82, 2.24) is 15.0 Å². The van der Waals surface area contributed by atoms with Crippen molar-refractivity contribution in [2.45, 2.75) is 25.7 Å². The number of halogens is 2. The fourth-order valence-corrected chi connectivity index (χ4v) is 5.15. The smallest absolute Gasteiger partial charge is 0.257 e. The average molecular weight is 443 g/mol. The molecule has 2 heterocycles. The Balaban J connectivity index is 1.38. The Hall–Kier alpha value is -2.41. The van der Waals surface area contributed by atoms with E-state index in [1.54, 1.807) is 23.5 Å². The molecule has 2 aromatic carbocycles. The maximum Gasteiger partial charge on any atom is 0.257 e. The van der Waals surface area contributed by atoms with Crippen LogP contribution in [-0.4, -0.2) is 20.9 Å². The summed E-state index contributed by atoms with van der Waals surface area (Å²) >= 11 is 14.1. The number of hydrogen-bond donors (Lipinski definition) is 2. The molecule has 0 atom stereocenters. The fraction of sp³-hybridized carbons (Fsp3) is 0.190. The van der Waals surface area contributed by atoms with Crippen molar-refractivity contribution in [1.29, 1.82) is 0 Å². The van der Waals surface area contributed by atoms with Crippen molar-refractivity contribution >= 4 is 56.6 Å². The summed E-state index contributed by atoms with van der Waals surface area (Å²) in [6.07, 6.45) is 3.70. The number of thiazole rings is 1. The number of aromatic amines is 1. The summed E-state index contributed by atoms with van der Waals surface area (Å²) in [7, 11) is 0. The van der Waals surface area contributed by atoms with Crippen LogP contribution in [0.15, 0.2) is 36.4 Å². The first-order valence-corrected chi connectivity index (χ1v) is 10.9. The van der Waals surface area contributed by atoms with Gasteiger partial charge in [0.1, 0.15) is 5.82 Å². The van der Waals surface area contributed by atoms with Crippen LogP contribution >= 0.6 is 34.5 Å². The summed E-state index contributed by atoms with van der Waals surface area (Å²) < 4.78 is 0. The van der Waals surface area contributed by atoms with Crippen LogP contribution in [0.3, 0.4) is 0 Å². The molecule has 8 heteroatoms. The van der Waals surface area contributed by atoms with E-state index in [0.717, 1.165) is 47.4 Å². The Morgan fingerprint density at radius 3 is 2.76 bits per heavy atom. The zero-order valence-electron chi connectivity index (χ0n) is 15.3. The molecule has 0 fully saturated rings. The van der Waals surface area contributed by atoms with Crippen molar-refractivity contribution < 1.29 is 4.79 Å². The number of imidazole rings is 1. The molecule has 29 heavy (non-hydrogen) atoms. The minimum atomic E-state index is -0.176. The maximum absolute atomic E-state index is 12.7. The molecule has 0 saturated heterocycles. The average Bonchev–Trinajstić information content (AvgIpc) is 3.38. The van der Waals surface area contributed by atoms with Gasteiger partial charge in [-0.1, -0.05) is 29.3 Å². The Morgan fingerprint density at radius 2 is 1.97 bits per heavy atom. The van der Waals surface area contributed by atoms with Gasteiger partial charge in [-0.25, -0.2) is 9.97 Å². The molecule has 2 N–H and O–H groups in total. The predicted molar refractivity (Wildman–Crippen MR) is 117 cm³/mol. The third-order valence-corrected chi connectivity index (χ3v) is 6.80. The van der Waals surface area contributed by atoms with E-state index in [4.69, 9.17) is 23.2 Å². The van der Waals surface area contributed by atoms with Gasteiger partial charge in [0.25, 0.3) is 5.91 Å². The molecule has 1 amide bonds. The second-order valence-electron chi connectivity index (χ2n) is 6.99. The van der Waals surface area contributed by atoms with Crippen molar-refractivity contribution in [3.63, 3.8) is 0 Å². The van der Waals surface area contributed by atoms with Crippen LogP contribution in [0.2, 0.25) is 10.0 Å². The van der Waals surface area contributed by atoms with Gasteiger partial charge in [-0.3, -0.25) is 10.1 Å². The van der Waals surface area contributed by atoms with E-state index in [1.165, 1.54) is 4.88 Å². The van der Waals surface area contributed by atoms with Crippen LogP contribution in [0.1, 0.15) is 38.7 Å². The number of H-pyrrole nitrogens is 1. The lowest BCUT2D eigenvalue weighted by molar-refractivity contribution is 0.102. The Labute approximate surface area is 181 Å². The van der Waals surface area contributed by atoms with Crippen molar-refractivity contribution in [2.24, 2.45) is 0 Å². The molecule has 0 unspecified atom stereocenters. The summed E-state index contributed by atoms with van der Waals surface area (Å²) in [6.45, 7) is 0. The van der Waals surface area contributed by atoms with E-state index in [1.807, 2.05) is 24.3 Å². The van der Waals surface area contributed by atoms with E-state index >= 15 is 0 Å². The number of anilines is 1. The Morgan fingerprint density at radius 1 is 1.14 bits per heavy atom. The number of fused-ring (bicyclic) bond motifs is 2. The van der Waals surface area contributed by atoms with E-state index in [-0.39, 0.29) is 5.91 Å². The summed E-state index contributed by atoms with van der Waals surface area (Å²) in [4.78, 5) is 26.3. The van der Waals surface area contributed by atoms with Gasteiger partial charge < -0.3 is 4.98 Å². The molecule has 146 valence electrons. The number of amides is 1. The number of carbonyl (C=O) groups is 1. The second kappa shape index (κ2) is 7.44. The molecular formula is C21H16Cl2N4OS. The third kappa shape index (κ3) is 3.64. The van der Waals surface area contributed by atoms with Crippen LogP contribution in [-0.2, 0) is 19.3 Å². The molecule has 0 saturated carbocycles. The lowest BCUT2D eigenvalue weighted by atomic mass is 10.1. The highest BCUT2D eigenvalue weighted by molar-refractivity contribution is 7.16. The highest BCUT2D eigenvalue weighted by Crippen LogP contribution is 2.31. The normalized spacial score (nSPS) is 13.0. The number of aromatic nitrogens is 3. The van der Waals surface area contributed by atoms with E-state index in [9.17, 15) is 4.79 Å². The number of nitrogens with one attached hydrogen (secondary N) is 2. The molecule has 0 bridgehead atoms. The van der Waals surface area contributed by atoms with Gasteiger partial charge >= 0.3 is 0 Å². The first kappa shape index (κ1) is 18.6. The number of nitrogens with zero attached hydrogens (tertiary/aromatic N) is 2. The Kier molecular flexibility index (Phi) is 4.78. The summed E-state index contributed by atoms with van der Waals surface area (Å²) in [5.74, 6) is 0.563. The second-order valence-corrected chi connectivity index (χ2v) is 8.89. The molecule has 5 nitrogen and oxygen atoms in total. The van der Waals surface area contributed by atoms with Gasteiger partial charge in [-0.2, -0.15) is 0 Å². The fourth-order valence-electron chi connectivity index (χ4n) is 3.57. The number of carbonyl (C=O) groups excluding carboxylic acids is 1. The predicted octanol–water partition coefficient (Wildman–Crippen LogP) is 5.66. The van der Waals surface area contributed by atoms with Crippen molar-refractivity contribution in [2.75, 3.05) is 5.32 Å². The summed E-state index contributed by atoms with van der Waals surface area (Å²) in [5, 5.41) is 4.79. The van der Waals surface area contributed by atoms with Gasteiger partial charge in [-0.15, -0.1) is 11.3 Å². The third-order valence-electron chi connectivity index (χ3n) is 5.02. The van der Waals surface area contributed by atoms with Gasteiger partial charge in [0.2, 0.25) is 0 Å². The maximum atomic E-state index is 12.7. The monoisotopic (exact) mass is 442 g/mol. The molecule has 1 aliphatic rings.